The Balaban J connectivity index is 3.40. The van der Waals surface area contributed by atoms with E-state index in [1.165, 1.54) is 13.2 Å². The van der Waals surface area contributed by atoms with Crippen LogP contribution in [0.1, 0.15) is 5.56 Å². The number of phenols is 1. The Morgan fingerprint density at radius 1 is 1.42 bits per heavy atom. The minimum Gasteiger partial charge on any atom is -0.504 e. The maximum absolute atomic E-state index is 9.30. The standard InChI is InChI=1S/C8H8Cl2O2/c1-4-5(9)3-6(11)8(12-2)7(4)10/h3,11H,1-2H3. The van der Waals surface area contributed by atoms with Crippen LogP contribution in [-0.2, 0) is 0 Å². The zero-order chi connectivity index (χ0) is 9.30. The van der Waals surface area contributed by atoms with Crippen LogP contribution in [0.15, 0.2) is 6.07 Å². The van der Waals surface area contributed by atoms with Gasteiger partial charge in [-0.2, -0.15) is 0 Å². The summed E-state index contributed by atoms with van der Waals surface area (Å²) in [6.07, 6.45) is 0. The second-order valence-electron chi connectivity index (χ2n) is 2.35. The smallest absolute Gasteiger partial charge is 0.179 e. The van der Waals surface area contributed by atoms with E-state index in [2.05, 4.69) is 0 Å². The molecule has 0 unspecified atom stereocenters. The molecule has 2 nitrogen and oxygen atoms in total. The lowest BCUT2D eigenvalue weighted by molar-refractivity contribution is 0.373. The molecule has 0 bridgehead atoms. The first-order valence-electron chi connectivity index (χ1n) is 3.29. The lowest BCUT2D eigenvalue weighted by Crippen LogP contribution is -1.88. The van der Waals surface area contributed by atoms with Crippen LogP contribution in [0.2, 0.25) is 10.0 Å². The molecule has 66 valence electrons. The van der Waals surface area contributed by atoms with Crippen LogP contribution >= 0.6 is 23.2 Å². The zero-order valence-corrected chi connectivity index (χ0v) is 8.20. The highest BCUT2D eigenvalue weighted by Crippen LogP contribution is 2.40. The number of halogens is 2. The molecule has 0 radical (unpaired) electrons. The number of ether oxygens (including phenoxy) is 1. The Kier molecular flexibility index (Phi) is 2.70. The van der Waals surface area contributed by atoms with E-state index in [0.29, 0.717) is 15.6 Å². The van der Waals surface area contributed by atoms with Crippen LogP contribution in [0.25, 0.3) is 0 Å². The van der Waals surface area contributed by atoms with Crippen molar-refractivity contribution >= 4 is 23.2 Å². The van der Waals surface area contributed by atoms with Crippen molar-refractivity contribution in [3.05, 3.63) is 21.7 Å². The topological polar surface area (TPSA) is 29.5 Å². The number of hydrogen-bond donors (Lipinski definition) is 1. The minimum absolute atomic E-state index is 0.0434. The summed E-state index contributed by atoms with van der Waals surface area (Å²) >= 11 is 11.6. The van der Waals surface area contributed by atoms with Crippen molar-refractivity contribution in [2.24, 2.45) is 0 Å². The molecular weight excluding hydrogens is 199 g/mol. The molecular formula is C8H8Cl2O2. The molecule has 0 amide bonds. The summed E-state index contributed by atoms with van der Waals surface area (Å²) in [6.45, 7) is 1.76. The Hall–Kier alpha value is -0.600. The minimum atomic E-state index is -0.0434. The quantitative estimate of drug-likeness (QED) is 0.766. The van der Waals surface area contributed by atoms with Gasteiger partial charge in [0.25, 0.3) is 0 Å². The Morgan fingerprint density at radius 2 is 2.00 bits per heavy atom. The molecule has 0 fully saturated rings. The van der Waals surface area contributed by atoms with Crippen molar-refractivity contribution in [2.75, 3.05) is 7.11 Å². The normalized spacial score (nSPS) is 10.0. The molecule has 0 aliphatic carbocycles. The first-order chi connectivity index (χ1) is 5.57. The van der Waals surface area contributed by atoms with E-state index in [4.69, 9.17) is 27.9 Å². The fraction of sp³-hybridized carbons (Fsp3) is 0.250. The highest BCUT2D eigenvalue weighted by Gasteiger charge is 2.12. The predicted octanol–water partition coefficient (Wildman–Crippen LogP) is 3.02. The van der Waals surface area contributed by atoms with Crippen LogP contribution in [0.3, 0.4) is 0 Å². The Labute approximate surface area is 80.7 Å². The predicted molar refractivity (Wildman–Crippen MR) is 49.4 cm³/mol. The van der Waals surface area contributed by atoms with Gasteiger partial charge < -0.3 is 9.84 Å². The third-order valence-electron chi connectivity index (χ3n) is 1.59. The summed E-state index contributed by atoms with van der Waals surface area (Å²) in [7, 11) is 1.44. The lowest BCUT2D eigenvalue weighted by atomic mass is 10.2. The molecule has 0 atom stereocenters. The summed E-state index contributed by atoms with van der Waals surface area (Å²) < 4.78 is 4.87. The van der Waals surface area contributed by atoms with E-state index in [1.54, 1.807) is 6.92 Å². The SMILES string of the molecule is COc1c(O)cc(Cl)c(C)c1Cl. The highest BCUT2D eigenvalue weighted by molar-refractivity contribution is 6.37. The van der Waals surface area contributed by atoms with Gasteiger partial charge in [0.1, 0.15) is 0 Å². The molecule has 0 saturated heterocycles. The van der Waals surface area contributed by atoms with Gasteiger partial charge in [-0.1, -0.05) is 23.2 Å². The first-order valence-corrected chi connectivity index (χ1v) is 4.05. The average Bonchev–Trinajstić information content (AvgIpc) is 2.01. The van der Waals surface area contributed by atoms with Crippen LogP contribution in [0, 0.1) is 6.92 Å². The molecule has 12 heavy (non-hydrogen) atoms. The molecule has 1 aromatic carbocycles. The van der Waals surface area contributed by atoms with Crippen LogP contribution < -0.4 is 4.74 Å². The Morgan fingerprint density at radius 3 is 2.50 bits per heavy atom. The van der Waals surface area contributed by atoms with Gasteiger partial charge in [0.2, 0.25) is 0 Å². The fourth-order valence-corrected chi connectivity index (χ4v) is 1.40. The van der Waals surface area contributed by atoms with Crippen LogP contribution in [0.5, 0.6) is 11.5 Å². The number of methoxy groups -OCH3 is 1. The average molecular weight is 207 g/mol. The van der Waals surface area contributed by atoms with E-state index in [0.717, 1.165) is 0 Å². The number of benzene rings is 1. The molecule has 0 aromatic heterocycles. The van der Waals surface area contributed by atoms with Crippen molar-refractivity contribution < 1.29 is 9.84 Å². The van der Waals surface area contributed by atoms with Gasteiger partial charge in [0, 0.05) is 11.1 Å². The maximum Gasteiger partial charge on any atom is 0.179 e. The number of rotatable bonds is 1. The van der Waals surface area contributed by atoms with Gasteiger partial charge in [0.05, 0.1) is 12.1 Å². The maximum atomic E-state index is 9.30. The van der Waals surface area contributed by atoms with Crippen LogP contribution in [0.4, 0.5) is 0 Å². The van der Waals surface area contributed by atoms with Gasteiger partial charge >= 0.3 is 0 Å². The van der Waals surface area contributed by atoms with E-state index in [-0.39, 0.29) is 11.5 Å². The molecule has 0 saturated carbocycles. The van der Waals surface area contributed by atoms with Crippen LogP contribution in [-0.4, -0.2) is 12.2 Å². The summed E-state index contributed by atoms with van der Waals surface area (Å²) in [4.78, 5) is 0. The van der Waals surface area contributed by atoms with Crippen molar-refractivity contribution in [3.8, 4) is 11.5 Å². The van der Waals surface area contributed by atoms with Gasteiger partial charge in [-0.25, -0.2) is 0 Å². The largest absolute Gasteiger partial charge is 0.504 e. The van der Waals surface area contributed by atoms with Gasteiger partial charge in [0.15, 0.2) is 11.5 Å². The Bertz CT molecular complexity index is 310. The second-order valence-corrected chi connectivity index (χ2v) is 3.13. The summed E-state index contributed by atoms with van der Waals surface area (Å²) in [5.74, 6) is 0.219. The number of hydrogen-bond acceptors (Lipinski definition) is 2. The molecule has 0 spiro atoms. The molecule has 1 aromatic rings. The van der Waals surface area contributed by atoms with Crippen molar-refractivity contribution in [1.29, 1.82) is 0 Å². The molecule has 0 aliphatic heterocycles. The molecule has 1 N–H and O–H groups in total. The van der Waals surface area contributed by atoms with Gasteiger partial charge in [-0.15, -0.1) is 0 Å². The van der Waals surface area contributed by atoms with Crippen molar-refractivity contribution in [1.82, 2.24) is 0 Å². The van der Waals surface area contributed by atoms with Crippen molar-refractivity contribution in [3.63, 3.8) is 0 Å². The van der Waals surface area contributed by atoms with E-state index >= 15 is 0 Å². The first kappa shape index (κ1) is 9.49. The zero-order valence-electron chi connectivity index (χ0n) is 6.69. The van der Waals surface area contributed by atoms with Crippen molar-refractivity contribution in [2.45, 2.75) is 6.92 Å². The van der Waals surface area contributed by atoms with E-state index < -0.39 is 0 Å². The summed E-state index contributed by atoms with van der Waals surface area (Å²) in [6, 6.07) is 1.40. The monoisotopic (exact) mass is 206 g/mol. The molecule has 4 heteroatoms. The van der Waals surface area contributed by atoms with Gasteiger partial charge in [-0.3, -0.25) is 0 Å². The number of aromatic hydroxyl groups is 1. The van der Waals surface area contributed by atoms with Gasteiger partial charge in [-0.05, 0) is 12.5 Å². The third-order valence-corrected chi connectivity index (χ3v) is 2.43. The molecule has 0 heterocycles. The lowest BCUT2D eigenvalue weighted by Gasteiger charge is -2.08. The van der Waals surface area contributed by atoms with E-state index in [9.17, 15) is 5.11 Å². The number of phenolic OH excluding ortho intramolecular Hbond substituents is 1. The summed E-state index contributed by atoms with van der Waals surface area (Å²) in [5, 5.41) is 10.1. The molecule has 1 rings (SSSR count). The fourth-order valence-electron chi connectivity index (χ4n) is 0.876. The molecule has 0 aliphatic rings. The third kappa shape index (κ3) is 1.45. The second kappa shape index (κ2) is 3.42. The van der Waals surface area contributed by atoms with E-state index in [1.807, 2.05) is 0 Å². The summed E-state index contributed by atoms with van der Waals surface area (Å²) in [5.41, 5.74) is 0.702. The highest BCUT2D eigenvalue weighted by atomic mass is 35.5.